The SMILES string of the molecule is NC1CCC2CN(Cc3ccc(OCC4CCCO4)cc3)CC12. The Bertz CT molecular complexity index is 513. The van der Waals surface area contributed by atoms with Crippen LogP contribution in [0.2, 0.25) is 0 Å². The van der Waals surface area contributed by atoms with Gasteiger partial charge in [-0.05, 0) is 55.2 Å². The van der Waals surface area contributed by atoms with Crippen LogP contribution >= 0.6 is 0 Å². The maximum atomic E-state index is 6.23. The van der Waals surface area contributed by atoms with Crippen molar-refractivity contribution in [1.82, 2.24) is 4.90 Å². The van der Waals surface area contributed by atoms with Crippen LogP contribution in [0, 0.1) is 11.8 Å². The zero-order valence-electron chi connectivity index (χ0n) is 13.8. The third-order valence-corrected chi connectivity index (χ3v) is 5.78. The van der Waals surface area contributed by atoms with Gasteiger partial charge in [0, 0.05) is 32.3 Å². The average Bonchev–Trinajstić information content (AvgIpc) is 3.27. The van der Waals surface area contributed by atoms with E-state index in [1.165, 1.54) is 31.5 Å². The first kappa shape index (κ1) is 15.4. The molecule has 4 nitrogen and oxygen atoms in total. The Morgan fingerprint density at radius 2 is 2.00 bits per heavy atom. The molecule has 4 rings (SSSR count). The number of benzene rings is 1. The molecule has 4 heteroatoms. The summed E-state index contributed by atoms with van der Waals surface area (Å²) in [5, 5.41) is 0. The van der Waals surface area contributed by atoms with E-state index in [0.29, 0.717) is 12.6 Å². The third kappa shape index (κ3) is 3.54. The summed E-state index contributed by atoms with van der Waals surface area (Å²) in [5.41, 5.74) is 7.59. The molecule has 0 aromatic heterocycles. The lowest BCUT2D eigenvalue weighted by molar-refractivity contribution is 0.0679. The first-order valence-corrected chi connectivity index (χ1v) is 9.09. The van der Waals surface area contributed by atoms with E-state index in [9.17, 15) is 0 Å². The van der Waals surface area contributed by atoms with Crippen molar-refractivity contribution in [3.8, 4) is 5.75 Å². The second-order valence-corrected chi connectivity index (χ2v) is 7.45. The highest BCUT2D eigenvalue weighted by Gasteiger charge is 2.40. The summed E-state index contributed by atoms with van der Waals surface area (Å²) in [6, 6.07) is 9.00. The monoisotopic (exact) mass is 316 g/mol. The minimum Gasteiger partial charge on any atom is -0.491 e. The predicted octanol–water partition coefficient (Wildman–Crippen LogP) is 2.41. The summed E-state index contributed by atoms with van der Waals surface area (Å²) in [7, 11) is 0. The number of hydrogen-bond acceptors (Lipinski definition) is 4. The largest absolute Gasteiger partial charge is 0.491 e. The van der Waals surface area contributed by atoms with Crippen LogP contribution < -0.4 is 10.5 Å². The van der Waals surface area contributed by atoms with Gasteiger partial charge >= 0.3 is 0 Å². The van der Waals surface area contributed by atoms with Crippen molar-refractivity contribution in [2.24, 2.45) is 17.6 Å². The minimum atomic E-state index is 0.280. The van der Waals surface area contributed by atoms with E-state index in [4.69, 9.17) is 15.2 Å². The molecule has 1 aliphatic carbocycles. The molecule has 0 bridgehead atoms. The molecule has 2 saturated heterocycles. The highest BCUT2D eigenvalue weighted by atomic mass is 16.5. The lowest BCUT2D eigenvalue weighted by Crippen LogP contribution is -2.30. The van der Waals surface area contributed by atoms with Crippen LogP contribution in [0.15, 0.2) is 24.3 Å². The Morgan fingerprint density at radius 1 is 1.13 bits per heavy atom. The molecule has 1 aromatic rings. The van der Waals surface area contributed by atoms with Gasteiger partial charge in [0.05, 0.1) is 6.10 Å². The van der Waals surface area contributed by atoms with Crippen LogP contribution in [-0.4, -0.2) is 43.3 Å². The topological polar surface area (TPSA) is 47.7 Å². The van der Waals surface area contributed by atoms with Gasteiger partial charge in [0.15, 0.2) is 0 Å². The molecule has 2 aliphatic heterocycles. The second-order valence-electron chi connectivity index (χ2n) is 7.45. The van der Waals surface area contributed by atoms with Crippen LogP contribution in [-0.2, 0) is 11.3 Å². The van der Waals surface area contributed by atoms with Crippen molar-refractivity contribution in [1.29, 1.82) is 0 Å². The zero-order chi connectivity index (χ0) is 15.6. The molecule has 1 saturated carbocycles. The van der Waals surface area contributed by atoms with Crippen molar-refractivity contribution in [3.63, 3.8) is 0 Å². The van der Waals surface area contributed by atoms with Crippen LogP contribution in [0.5, 0.6) is 5.75 Å². The molecule has 3 aliphatic rings. The Hall–Kier alpha value is -1.10. The molecule has 1 aromatic carbocycles. The fraction of sp³-hybridized carbons (Fsp3) is 0.684. The fourth-order valence-corrected chi connectivity index (χ4v) is 4.44. The number of fused-ring (bicyclic) bond motifs is 1. The Balaban J connectivity index is 1.27. The first-order chi connectivity index (χ1) is 11.3. The van der Waals surface area contributed by atoms with Gasteiger partial charge in [-0.25, -0.2) is 0 Å². The Morgan fingerprint density at radius 3 is 2.74 bits per heavy atom. The van der Waals surface area contributed by atoms with Crippen molar-refractivity contribution < 1.29 is 9.47 Å². The summed E-state index contributed by atoms with van der Waals surface area (Å²) in [4.78, 5) is 2.57. The summed E-state index contributed by atoms with van der Waals surface area (Å²) in [5.74, 6) is 2.51. The summed E-state index contributed by atoms with van der Waals surface area (Å²) in [6.45, 7) is 4.98. The molecular weight excluding hydrogens is 288 g/mol. The number of likely N-dealkylation sites (tertiary alicyclic amines) is 1. The highest BCUT2D eigenvalue weighted by Crippen LogP contribution is 2.37. The molecule has 0 amide bonds. The molecule has 0 radical (unpaired) electrons. The number of nitrogens with zero attached hydrogens (tertiary/aromatic N) is 1. The maximum Gasteiger partial charge on any atom is 0.119 e. The lowest BCUT2D eigenvalue weighted by Gasteiger charge is -2.18. The van der Waals surface area contributed by atoms with E-state index in [0.717, 1.165) is 43.6 Å². The number of ether oxygens (including phenoxy) is 2. The molecule has 2 N–H and O–H groups in total. The van der Waals surface area contributed by atoms with Crippen molar-refractivity contribution in [2.75, 3.05) is 26.3 Å². The predicted molar refractivity (Wildman–Crippen MR) is 90.4 cm³/mol. The summed E-state index contributed by atoms with van der Waals surface area (Å²) < 4.78 is 11.4. The van der Waals surface area contributed by atoms with Gasteiger partial charge in [0.25, 0.3) is 0 Å². The van der Waals surface area contributed by atoms with E-state index in [-0.39, 0.29) is 6.10 Å². The molecule has 0 spiro atoms. The fourth-order valence-electron chi connectivity index (χ4n) is 4.44. The molecule has 23 heavy (non-hydrogen) atoms. The van der Waals surface area contributed by atoms with Gasteiger partial charge in [-0.3, -0.25) is 4.90 Å². The summed E-state index contributed by atoms with van der Waals surface area (Å²) >= 11 is 0. The van der Waals surface area contributed by atoms with E-state index in [1.54, 1.807) is 0 Å². The van der Waals surface area contributed by atoms with Crippen molar-refractivity contribution in [3.05, 3.63) is 29.8 Å². The van der Waals surface area contributed by atoms with E-state index in [2.05, 4.69) is 29.2 Å². The van der Waals surface area contributed by atoms with Crippen LogP contribution in [0.25, 0.3) is 0 Å². The lowest BCUT2D eigenvalue weighted by atomic mass is 9.98. The molecule has 126 valence electrons. The van der Waals surface area contributed by atoms with Crippen molar-refractivity contribution in [2.45, 2.75) is 44.4 Å². The highest BCUT2D eigenvalue weighted by molar-refractivity contribution is 5.27. The van der Waals surface area contributed by atoms with Gasteiger partial charge in [-0.1, -0.05) is 12.1 Å². The van der Waals surface area contributed by atoms with E-state index < -0.39 is 0 Å². The normalized spacial score (nSPS) is 34.0. The number of hydrogen-bond donors (Lipinski definition) is 1. The van der Waals surface area contributed by atoms with Gasteiger partial charge < -0.3 is 15.2 Å². The number of nitrogens with two attached hydrogens (primary N) is 1. The molecule has 2 heterocycles. The zero-order valence-corrected chi connectivity index (χ0v) is 13.8. The quantitative estimate of drug-likeness (QED) is 0.906. The van der Waals surface area contributed by atoms with E-state index in [1.807, 2.05) is 0 Å². The minimum absolute atomic E-state index is 0.280. The smallest absolute Gasteiger partial charge is 0.119 e. The maximum absolute atomic E-state index is 6.23. The Labute approximate surface area is 138 Å². The first-order valence-electron chi connectivity index (χ1n) is 9.09. The van der Waals surface area contributed by atoms with Crippen LogP contribution in [0.3, 0.4) is 0 Å². The second kappa shape index (κ2) is 6.80. The van der Waals surface area contributed by atoms with Crippen LogP contribution in [0.1, 0.15) is 31.2 Å². The van der Waals surface area contributed by atoms with Gasteiger partial charge in [-0.2, -0.15) is 0 Å². The molecular formula is C19H28N2O2. The standard InChI is InChI=1S/C19H28N2O2/c20-19-8-5-15-11-21(12-18(15)19)10-14-3-6-16(7-4-14)23-13-17-2-1-9-22-17/h3-4,6-7,15,17-19H,1-2,5,8-13,20H2. The Kier molecular flexibility index (Phi) is 4.56. The van der Waals surface area contributed by atoms with Crippen molar-refractivity contribution >= 4 is 0 Å². The van der Waals surface area contributed by atoms with Gasteiger partial charge in [-0.15, -0.1) is 0 Å². The van der Waals surface area contributed by atoms with Crippen LogP contribution in [0.4, 0.5) is 0 Å². The van der Waals surface area contributed by atoms with Gasteiger partial charge in [0.1, 0.15) is 12.4 Å². The van der Waals surface area contributed by atoms with Gasteiger partial charge in [0.2, 0.25) is 0 Å². The number of rotatable bonds is 5. The molecule has 3 fully saturated rings. The summed E-state index contributed by atoms with van der Waals surface area (Å²) in [6.07, 6.45) is 5.10. The van der Waals surface area contributed by atoms with E-state index >= 15 is 0 Å². The molecule has 4 atom stereocenters. The third-order valence-electron chi connectivity index (χ3n) is 5.78. The molecule has 4 unspecified atom stereocenters. The average molecular weight is 316 g/mol.